The highest BCUT2D eigenvalue weighted by Gasteiger charge is 2.15. The molecular weight excluding hydrogens is 310 g/mol. The summed E-state index contributed by atoms with van der Waals surface area (Å²) in [5.74, 6) is -1.04. The fourth-order valence-corrected chi connectivity index (χ4v) is 2.11. The first-order chi connectivity index (χ1) is 11.5. The van der Waals surface area contributed by atoms with Crippen molar-refractivity contribution in [1.29, 1.82) is 0 Å². The van der Waals surface area contributed by atoms with Crippen molar-refractivity contribution in [3.8, 4) is 5.88 Å². The fourth-order valence-electron chi connectivity index (χ4n) is 2.11. The Labute approximate surface area is 140 Å². The van der Waals surface area contributed by atoms with Gasteiger partial charge in [0.25, 0.3) is 0 Å². The van der Waals surface area contributed by atoms with E-state index in [-0.39, 0.29) is 6.54 Å². The maximum Gasteiger partial charge on any atom is 0.313 e. The molecule has 0 aliphatic heterocycles. The van der Waals surface area contributed by atoms with Crippen LogP contribution in [-0.4, -0.2) is 33.7 Å². The van der Waals surface area contributed by atoms with E-state index in [9.17, 15) is 9.59 Å². The number of ether oxygens (including phenoxy) is 1. The van der Waals surface area contributed by atoms with E-state index in [2.05, 4.69) is 27.6 Å². The minimum Gasteiger partial charge on any atom is -0.481 e. The Morgan fingerprint density at radius 2 is 2.04 bits per heavy atom. The molecule has 2 aromatic heterocycles. The molecule has 128 valence electrons. The molecule has 8 heteroatoms. The lowest BCUT2D eigenvalue weighted by Crippen LogP contribution is -2.35. The van der Waals surface area contributed by atoms with Crippen LogP contribution in [0.25, 0.3) is 0 Å². The number of nitrogens with zero attached hydrogens (tertiary/aromatic N) is 3. The number of rotatable bonds is 6. The highest BCUT2D eigenvalue weighted by Crippen LogP contribution is 2.11. The second-order valence-electron chi connectivity index (χ2n) is 5.20. The number of pyridine rings is 1. The minimum atomic E-state index is -0.749. The summed E-state index contributed by atoms with van der Waals surface area (Å²) in [5.41, 5.74) is 2.29. The van der Waals surface area contributed by atoms with Gasteiger partial charge in [0.15, 0.2) is 0 Å². The van der Waals surface area contributed by atoms with Crippen LogP contribution in [0.4, 0.5) is 5.69 Å². The van der Waals surface area contributed by atoms with Gasteiger partial charge in [-0.3, -0.25) is 14.3 Å². The Balaban J connectivity index is 1.88. The molecule has 0 aliphatic carbocycles. The normalized spacial score (nSPS) is 10.3. The number of aromatic nitrogens is 3. The van der Waals surface area contributed by atoms with Gasteiger partial charge in [0, 0.05) is 30.4 Å². The van der Waals surface area contributed by atoms with Gasteiger partial charge in [0.1, 0.15) is 0 Å². The first kappa shape index (κ1) is 17.5. The molecule has 0 saturated heterocycles. The number of carbonyl (C=O) groups is 2. The van der Waals surface area contributed by atoms with Crippen molar-refractivity contribution in [3.63, 3.8) is 0 Å². The second-order valence-corrected chi connectivity index (χ2v) is 5.20. The molecule has 8 nitrogen and oxygen atoms in total. The molecule has 2 aromatic rings. The summed E-state index contributed by atoms with van der Waals surface area (Å²) in [5, 5.41) is 9.32. The van der Waals surface area contributed by atoms with Gasteiger partial charge in [-0.1, -0.05) is 6.92 Å². The summed E-state index contributed by atoms with van der Waals surface area (Å²) in [6.07, 6.45) is 4.10. The zero-order chi connectivity index (χ0) is 17.5. The number of anilines is 1. The summed E-state index contributed by atoms with van der Waals surface area (Å²) < 4.78 is 6.81. The van der Waals surface area contributed by atoms with Gasteiger partial charge in [0.05, 0.1) is 25.2 Å². The number of hydrogen-bond donors (Lipinski definition) is 2. The van der Waals surface area contributed by atoms with E-state index < -0.39 is 11.8 Å². The number of carbonyl (C=O) groups excluding carboxylic acids is 2. The number of nitrogens with one attached hydrogen (secondary N) is 2. The van der Waals surface area contributed by atoms with Crippen molar-refractivity contribution in [3.05, 3.63) is 35.8 Å². The summed E-state index contributed by atoms with van der Waals surface area (Å²) in [4.78, 5) is 27.7. The third-order valence-electron chi connectivity index (χ3n) is 3.49. The van der Waals surface area contributed by atoms with Crippen molar-refractivity contribution in [1.82, 2.24) is 20.1 Å². The van der Waals surface area contributed by atoms with Crippen LogP contribution in [0.2, 0.25) is 0 Å². The molecule has 0 bridgehead atoms. The van der Waals surface area contributed by atoms with E-state index in [1.54, 1.807) is 18.3 Å². The molecule has 0 atom stereocenters. The zero-order valence-corrected chi connectivity index (χ0v) is 14.0. The topological polar surface area (TPSA) is 98.1 Å². The first-order valence-corrected chi connectivity index (χ1v) is 7.65. The van der Waals surface area contributed by atoms with Crippen LogP contribution in [-0.2, 0) is 22.7 Å². The smallest absolute Gasteiger partial charge is 0.313 e. The monoisotopic (exact) mass is 331 g/mol. The van der Waals surface area contributed by atoms with Gasteiger partial charge in [-0.05, 0) is 19.4 Å². The molecule has 0 aliphatic rings. The first-order valence-electron chi connectivity index (χ1n) is 7.65. The van der Waals surface area contributed by atoms with Gasteiger partial charge in [0.2, 0.25) is 5.88 Å². The lowest BCUT2D eigenvalue weighted by molar-refractivity contribution is -0.136. The third-order valence-corrected chi connectivity index (χ3v) is 3.49. The molecule has 2 N–H and O–H groups in total. The molecule has 0 spiro atoms. The number of methoxy groups -OCH3 is 1. The Kier molecular flexibility index (Phi) is 5.89. The second kappa shape index (κ2) is 8.09. The molecule has 24 heavy (non-hydrogen) atoms. The largest absolute Gasteiger partial charge is 0.481 e. The van der Waals surface area contributed by atoms with Crippen molar-refractivity contribution in [2.24, 2.45) is 0 Å². The molecular formula is C16H21N5O3. The van der Waals surface area contributed by atoms with E-state index in [1.807, 2.05) is 11.6 Å². The van der Waals surface area contributed by atoms with Gasteiger partial charge < -0.3 is 15.4 Å². The molecule has 0 aromatic carbocycles. The third kappa shape index (κ3) is 4.31. The summed E-state index contributed by atoms with van der Waals surface area (Å²) in [6, 6.07) is 3.20. The maximum atomic E-state index is 11.9. The molecule has 2 amide bonds. The van der Waals surface area contributed by atoms with E-state index in [0.29, 0.717) is 11.6 Å². The zero-order valence-electron chi connectivity index (χ0n) is 14.0. The van der Waals surface area contributed by atoms with Gasteiger partial charge in [-0.25, -0.2) is 4.98 Å². The van der Waals surface area contributed by atoms with Crippen LogP contribution < -0.4 is 15.4 Å². The number of aryl methyl sites for hydroxylation is 1. The Morgan fingerprint density at radius 3 is 2.67 bits per heavy atom. The van der Waals surface area contributed by atoms with Crippen LogP contribution in [0.3, 0.4) is 0 Å². The van der Waals surface area contributed by atoms with E-state index in [0.717, 1.165) is 24.2 Å². The van der Waals surface area contributed by atoms with Gasteiger partial charge in [-0.2, -0.15) is 5.10 Å². The predicted molar refractivity (Wildman–Crippen MR) is 88.5 cm³/mol. The maximum absolute atomic E-state index is 11.9. The van der Waals surface area contributed by atoms with Crippen LogP contribution in [0.5, 0.6) is 5.88 Å². The Hall–Kier alpha value is -2.90. The lowest BCUT2D eigenvalue weighted by Gasteiger charge is -2.07. The SMILES string of the molecule is CCCn1ncc(CNC(=O)C(=O)Nc2ccc(OC)nc2)c1C. The molecule has 2 heterocycles. The van der Waals surface area contributed by atoms with Crippen molar-refractivity contribution < 1.29 is 14.3 Å². The van der Waals surface area contributed by atoms with E-state index in [1.165, 1.54) is 13.3 Å². The van der Waals surface area contributed by atoms with Gasteiger partial charge >= 0.3 is 11.8 Å². The molecule has 0 saturated carbocycles. The quantitative estimate of drug-likeness (QED) is 0.777. The average molecular weight is 331 g/mol. The van der Waals surface area contributed by atoms with Crippen LogP contribution in [0.1, 0.15) is 24.6 Å². The van der Waals surface area contributed by atoms with Crippen molar-refractivity contribution >= 4 is 17.5 Å². The standard InChI is InChI=1S/C16H21N5O3/c1-4-7-21-11(2)12(9-19-21)8-18-15(22)16(23)20-13-5-6-14(24-3)17-10-13/h5-6,9-10H,4,7-8H2,1-3H3,(H,18,22)(H,20,23). The predicted octanol–water partition coefficient (Wildman–Crippen LogP) is 1.26. The number of amides is 2. The van der Waals surface area contributed by atoms with E-state index in [4.69, 9.17) is 4.74 Å². The van der Waals surface area contributed by atoms with E-state index >= 15 is 0 Å². The summed E-state index contributed by atoms with van der Waals surface area (Å²) >= 11 is 0. The number of hydrogen-bond acceptors (Lipinski definition) is 5. The summed E-state index contributed by atoms with van der Waals surface area (Å²) in [6.45, 7) is 5.08. The molecule has 0 unspecified atom stereocenters. The van der Waals surface area contributed by atoms with Gasteiger partial charge in [-0.15, -0.1) is 0 Å². The fraction of sp³-hybridized carbons (Fsp3) is 0.375. The lowest BCUT2D eigenvalue weighted by atomic mass is 10.2. The van der Waals surface area contributed by atoms with Crippen LogP contribution >= 0.6 is 0 Å². The Morgan fingerprint density at radius 1 is 1.25 bits per heavy atom. The highest BCUT2D eigenvalue weighted by atomic mass is 16.5. The summed E-state index contributed by atoms with van der Waals surface area (Å²) in [7, 11) is 1.50. The van der Waals surface area contributed by atoms with Crippen molar-refractivity contribution in [2.75, 3.05) is 12.4 Å². The molecule has 0 fully saturated rings. The molecule has 2 rings (SSSR count). The van der Waals surface area contributed by atoms with Crippen LogP contribution in [0.15, 0.2) is 24.5 Å². The van der Waals surface area contributed by atoms with Crippen LogP contribution in [0, 0.1) is 6.92 Å². The highest BCUT2D eigenvalue weighted by molar-refractivity contribution is 6.39. The minimum absolute atomic E-state index is 0.253. The molecule has 0 radical (unpaired) electrons. The average Bonchev–Trinajstić information content (AvgIpc) is 2.94. The van der Waals surface area contributed by atoms with Crippen molar-refractivity contribution in [2.45, 2.75) is 33.4 Å². The Bertz CT molecular complexity index is 709.